The number of piperidine rings is 1. The van der Waals surface area contributed by atoms with Crippen LogP contribution in [0.25, 0.3) is 0 Å². The smallest absolute Gasteiger partial charge is 0.255 e. The van der Waals surface area contributed by atoms with E-state index in [1.54, 1.807) is 54.8 Å². The van der Waals surface area contributed by atoms with Gasteiger partial charge in [-0.2, -0.15) is 11.3 Å². The van der Waals surface area contributed by atoms with Crippen LogP contribution in [0.1, 0.15) is 71.1 Å². The number of nitrogens with zero attached hydrogens (tertiary/aromatic N) is 2. The number of aromatic nitrogens is 1. The van der Waals surface area contributed by atoms with Crippen molar-refractivity contribution in [2.24, 2.45) is 0 Å². The van der Waals surface area contributed by atoms with E-state index < -0.39 is 5.91 Å². The minimum absolute atomic E-state index is 0.0245. The molecule has 1 saturated heterocycles. The first-order valence-corrected chi connectivity index (χ1v) is 15.4. The summed E-state index contributed by atoms with van der Waals surface area (Å²) in [5.74, 6) is 0.367. The summed E-state index contributed by atoms with van der Waals surface area (Å²) in [6, 6.07) is 16.1. The van der Waals surface area contributed by atoms with Crippen molar-refractivity contribution in [3.05, 3.63) is 99.5 Å². The first kappa shape index (κ1) is 30.3. The average molecular weight is 599 g/mol. The van der Waals surface area contributed by atoms with Crippen LogP contribution in [0.15, 0.2) is 71.6 Å². The van der Waals surface area contributed by atoms with Crippen molar-refractivity contribution in [2.45, 2.75) is 51.7 Å². The molecule has 0 spiro atoms. The maximum atomic E-state index is 14.1. The van der Waals surface area contributed by atoms with Gasteiger partial charge in [-0.25, -0.2) is 0 Å². The number of hydrogen-bond acceptors (Lipinski definition) is 8. The Morgan fingerprint density at radius 2 is 1.81 bits per heavy atom. The zero-order valence-electron chi connectivity index (χ0n) is 25.1. The fraction of sp³-hybridized carbons (Fsp3) is 0.324. The second kappa shape index (κ2) is 13.0. The summed E-state index contributed by atoms with van der Waals surface area (Å²) in [6.07, 6.45) is 3.16. The van der Waals surface area contributed by atoms with Gasteiger partial charge in [0.05, 0.1) is 24.0 Å². The normalized spacial score (nSPS) is 14.3. The molecule has 3 N–H and O–H groups in total. The second-order valence-electron chi connectivity index (χ2n) is 11.8. The van der Waals surface area contributed by atoms with Gasteiger partial charge in [0.25, 0.3) is 5.91 Å². The number of hydrogen-bond donors (Lipinski definition) is 2. The second-order valence-corrected chi connectivity index (χ2v) is 12.6. The van der Waals surface area contributed by atoms with Crippen LogP contribution in [0.5, 0.6) is 11.5 Å². The van der Waals surface area contributed by atoms with E-state index in [-0.39, 0.29) is 34.4 Å². The van der Waals surface area contributed by atoms with Gasteiger partial charge in [0.1, 0.15) is 23.3 Å². The number of nitrogens with one attached hydrogen (secondary N) is 1. The first-order valence-electron chi connectivity index (χ1n) is 14.4. The van der Waals surface area contributed by atoms with Gasteiger partial charge in [0, 0.05) is 31.4 Å². The van der Waals surface area contributed by atoms with E-state index in [1.807, 2.05) is 12.1 Å². The number of anilines is 2. The van der Waals surface area contributed by atoms with Crippen molar-refractivity contribution in [2.75, 3.05) is 31.2 Å². The highest BCUT2D eigenvalue weighted by Gasteiger charge is 2.27. The van der Waals surface area contributed by atoms with Crippen molar-refractivity contribution in [3.8, 4) is 11.5 Å². The third-order valence-corrected chi connectivity index (χ3v) is 8.43. The molecule has 43 heavy (non-hydrogen) atoms. The van der Waals surface area contributed by atoms with Crippen molar-refractivity contribution >= 4 is 34.4 Å². The lowest BCUT2D eigenvalue weighted by atomic mass is 9.86. The number of carbonyl (C=O) groups excluding carboxylic acids is 2. The number of benzene rings is 2. The van der Waals surface area contributed by atoms with Crippen LogP contribution in [-0.4, -0.2) is 47.9 Å². The Kier molecular flexibility index (Phi) is 9.13. The molecule has 9 heteroatoms. The zero-order valence-corrected chi connectivity index (χ0v) is 25.9. The number of rotatable bonds is 9. The van der Waals surface area contributed by atoms with Crippen molar-refractivity contribution in [1.29, 1.82) is 0 Å². The van der Waals surface area contributed by atoms with Crippen LogP contribution in [0.2, 0.25) is 0 Å². The Bertz CT molecular complexity index is 1570. The molecule has 2 aromatic carbocycles. The van der Waals surface area contributed by atoms with Gasteiger partial charge in [-0.1, -0.05) is 26.8 Å². The molecule has 0 atom stereocenters. The molecular formula is C34H38N4O4S. The third kappa shape index (κ3) is 7.24. The molecule has 0 aliphatic carbocycles. The summed E-state index contributed by atoms with van der Waals surface area (Å²) >= 11 is 1.72. The van der Waals surface area contributed by atoms with Gasteiger partial charge in [-0.05, 0) is 88.7 Å². The van der Waals surface area contributed by atoms with Gasteiger partial charge in [0.15, 0.2) is 0 Å². The zero-order chi connectivity index (χ0) is 30.6. The predicted octanol–water partition coefficient (Wildman–Crippen LogP) is 6.56. The maximum absolute atomic E-state index is 14.1. The van der Waals surface area contributed by atoms with Gasteiger partial charge in [0.2, 0.25) is 5.78 Å². The summed E-state index contributed by atoms with van der Waals surface area (Å²) < 4.78 is 11.8. The number of ether oxygens (including phenoxy) is 2. The molecule has 1 fully saturated rings. The van der Waals surface area contributed by atoms with Gasteiger partial charge < -0.3 is 20.5 Å². The van der Waals surface area contributed by atoms with E-state index in [2.05, 4.69) is 52.8 Å². The molecule has 5 rings (SSSR count). The van der Waals surface area contributed by atoms with E-state index in [9.17, 15) is 9.59 Å². The lowest BCUT2D eigenvalue weighted by molar-refractivity contribution is 0.0926. The number of pyridine rings is 1. The van der Waals surface area contributed by atoms with E-state index >= 15 is 0 Å². The van der Waals surface area contributed by atoms with Crippen molar-refractivity contribution in [1.82, 2.24) is 9.88 Å². The van der Waals surface area contributed by atoms with Crippen LogP contribution >= 0.6 is 11.3 Å². The van der Waals surface area contributed by atoms with Gasteiger partial charge >= 0.3 is 0 Å². The van der Waals surface area contributed by atoms with E-state index in [0.717, 1.165) is 38.0 Å². The van der Waals surface area contributed by atoms with Crippen molar-refractivity contribution in [3.63, 3.8) is 0 Å². The molecule has 2 aromatic heterocycles. The highest BCUT2D eigenvalue weighted by Crippen LogP contribution is 2.34. The Labute approximate surface area is 256 Å². The average Bonchev–Trinajstić information content (AvgIpc) is 3.51. The lowest BCUT2D eigenvalue weighted by Crippen LogP contribution is -2.38. The molecule has 1 amide bonds. The Balaban J connectivity index is 1.40. The first-order chi connectivity index (χ1) is 20.6. The maximum Gasteiger partial charge on any atom is 0.255 e. The molecule has 4 aromatic rings. The number of carbonyl (C=O) groups is 2. The number of methoxy groups -OCH3 is 1. The molecule has 1 aliphatic heterocycles. The Hall–Kier alpha value is -4.21. The number of ketones is 1. The molecule has 0 saturated carbocycles. The number of thiophene rings is 1. The van der Waals surface area contributed by atoms with Crippen LogP contribution in [-0.2, 0) is 12.0 Å². The Morgan fingerprint density at radius 1 is 1.07 bits per heavy atom. The number of likely N-dealkylation sites (tertiary alicyclic amines) is 1. The summed E-state index contributed by atoms with van der Waals surface area (Å²) in [7, 11) is 1.56. The van der Waals surface area contributed by atoms with Crippen LogP contribution < -0.4 is 20.5 Å². The fourth-order valence-corrected chi connectivity index (χ4v) is 5.78. The largest absolute Gasteiger partial charge is 0.497 e. The number of nitrogen functional groups attached to an aromatic ring is 1. The van der Waals surface area contributed by atoms with E-state index in [1.165, 1.54) is 11.8 Å². The molecule has 224 valence electrons. The summed E-state index contributed by atoms with van der Waals surface area (Å²) in [5.41, 5.74) is 9.77. The molecule has 0 unspecified atom stereocenters. The number of nitrogens with two attached hydrogens (primary N) is 1. The van der Waals surface area contributed by atoms with Crippen LogP contribution in [0, 0.1) is 0 Å². The molecule has 3 heterocycles. The molecule has 1 aliphatic rings. The SMILES string of the molecule is COc1ccc(C(=O)Nc2c(N)ccnc2C(=O)c2ccc(C(C)(C)C)cc2OC2CCN(Cc3ccsc3)CC2)cc1. The van der Waals surface area contributed by atoms with Gasteiger partial charge in [-0.3, -0.25) is 19.5 Å². The summed E-state index contributed by atoms with van der Waals surface area (Å²) in [6.45, 7) is 9.15. The highest BCUT2D eigenvalue weighted by atomic mass is 32.1. The summed E-state index contributed by atoms with van der Waals surface area (Å²) in [5, 5.41) is 7.11. The van der Waals surface area contributed by atoms with E-state index in [4.69, 9.17) is 15.2 Å². The van der Waals surface area contributed by atoms with Crippen LogP contribution in [0.4, 0.5) is 11.4 Å². The standard InChI is InChI=1S/C34H38N4O4S/c1-34(2,3)24-7-10-27(29(19-24)42-26-12-16-38(17-13-26)20-22-14-18-43-21-22)32(39)31-30(28(35)11-15-36-31)37-33(40)23-5-8-25(41-4)9-6-23/h5-11,14-15,18-19,21,26H,12-13,16-17,20H2,1-4H3,(H2,35,36)(H,37,40). The van der Waals surface area contributed by atoms with Gasteiger partial charge in [-0.15, -0.1) is 0 Å². The van der Waals surface area contributed by atoms with Crippen molar-refractivity contribution < 1.29 is 19.1 Å². The Morgan fingerprint density at radius 3 is 2.47 bits per heavy atom. The quantitative estimate of drug-likeness (QED) is 0.210. The minimum atomic E-state index is -0.412. The summed E-state index contributed by atoms with van der Waals surface area (Å²) in [4.78, 5) is 34.0. The molecular weight excluding hydrogens is 560 g/mol. The predicted molar refractivity (Wildman–Crippen MR) is 171 cm³/mol. The molecule has 0 bridgehead atoms. The monoisotopic (exact) mass is 598 g/mol. The molecule has 0 radical (unpaired) electrons. The van der Waals surface area contributed by atoms with E-state index in [0.29, 0.717) is 22.6 Å². The number of amides is 1. The fourth-order valence-electron chi connectivity index (χ4n) is 5.12. The topological polar surface area (TPSA) is 107 Å². The lowest BCUT2D eigenvalue weighted by Gasteiger charge is -2.32. The van der Waals surface area contributed by atoms with Crippen LogP contribution in [0.3, 0.4) is 0 Å². The highest BCUT2D eigenvalue weighted by molar-refractivity contribution is 7.07. The minimum Gasteiger partial charge on any atom is -0.497 e. The molecule has 8 nitrogen and oxygen atoms in total. The third-order valence-electron chi connectivity index (χ3n) is 7.70.